The molecule has 3 fully saturated rings. The molecule has 1 spiro atoms. The van der Waals surface area contributed by atoms with E-state index in [2.05, 4.69) is 20.9 Å². The summed E-state index contributed by atoms with van der Waals surface area (Å²) in [5.74, 6) is -0.00329. The van der Waals surface area contributed by atoms with E-state index in [4.69, 9.17) is 0 Å². The fraction of sp³-hybridized carbons (Fsp3) is 0.652. The maximum atomic E-state index is 12.2. The molecular weight excluding hydrogens is 426 g/mol. The van der Waals surface area contributed by atoms with Crippen LogP contribution in [0.25, 0.3) is 0 Å². The number of rotatable bonds is 6. The Labute approximate surface area is 193 Å². The largest absolute Gasteiger partial charge is 0.390 e. The van der Waals surface area contributed by atoms with Crippen molar-refractivity contribution in [1.29, 1.82) is 0 Å². The van der Waals surface area contributed by atoms with Gasteiger partial charge in [-0.2, -0.15) is 0 Å². The van der Waals surface area contributed by atoms with E-state index in [9.17, 15) is 24.8 Å². The number of likely N-dealkylation sites (tertiary alicyclic amines) is 1. The lowest BCUT2D eigenvalue weighted by atomic mass is 9.79. The maximum Gasteiger partial charge on any atom is 0.322 e. The second-order valence-electron chi connectivity index (χ2n) is 10.2. The quantitative estimate of drug-likeness (QED) is 0.291. The Balaban J connectivity index is 1.40. The third-order valence-electron chi connectivity index (χ3n) is 7.46. The molecule has 1 aliphatic carbocycles. The number of nitrogens with zero attached hydrogens (tertiary/aromatic N) is 2. The van der Waals surface area contributed by atoms with Gasteiger partial charge in [0, 0.05) is 18.7 Å². The zero-order chi connectivity index (χ0) is 23.8. The van der Waals surface area contributed by atoms with Crippen molar-refractivity contribution in [2.75, 3.05) is 18.4 Å². The minimum atomic E-state index is -0.849. The molecular formula is C23H33N5O5. The highest BCUT2D eigenvalue weighted by Gasteiger charge is 2.48. The lowest BCUT2D eigenvalue weighted by Crippen LogP contribution is -2.51. The molecule has 10 nitrogen and oxygen atoms in total. The van der Waals surface area contributed by atoms with Gasteiger partial charge >= 0.3 is 6.03 Å². The molecule has 3 aliphatic rings. The van der Waals surface area contributed by atoms with Crippen molar-refractivity contribution in [1.82, 2.24) is 15.5 Å². The topological polar surface area (TPSA) is 137 Å². The van der Waals surface area contributed by atoms with Crippen molar-refractivity contribution < 1.29 is 19.6 Å². The van der Waals surface area contributed by atoms with Gasteiger partial charge in [-0.3, -0.25) is 25.1 Å². The molecule has 33 heavy (non-hydrogen) atoms. The molecule has 3 amide bonds. The van der Waals surface area contributed by atoms with Crippen LogP contribution in [0.2, 0.25) is 0 Å². The summed E-state index contributed by atoms with van der Waals surface area (Å²) in [4.78, 5) is 37.2. The van der Waals surface area contributed by atoms with Gasteiger partial charge in [0.05, 0.1) is 10.5 Å². The maximum absolute atomic E-state index is 12.2. The molecule has 0 aromatic heterocycles. The first-order valence-corrected chi connectivity index (χ1v) is 11.7. The minimum Gasteiger partial charge on any atom is -0.390 e. The number of urea groups is 1. The highest BCUT2D eigenvalue weighted by Crippen LogP contribution is 2.35. The number of amides is 3. The third kappa shape index (κ3) is 5.11. The molecule has 1 aromatic carbocycles. The van der Waals surface area contributed by atoms with Crippen LogP contribution < -0.4 is 16.0 Å². The smallest absolute Gasteiger partial charge is 0.322 e. The molecule has 0 radical (unpaired) electrons. The van der Waals surface area contributed by atoms with Gasteiger partial charge < -0.3 is 15.7 Å². The molecule has 4 N–H and O–H groups in total. The summed E-state index contributed by atoms with van der Waals surface area (Å²) in [6.07, 6.45) is 4.09. The number of nitro groups is 1. The summed E-state index contributed by atoms with van der Waals surface area (Å²) in [6, 6.07) is 4.74. The zero-order valence-electron chi connectivity index (χ0n) is 19.2. The molecule has 0 atom stereocenters. The van der Waals surface area contributed by atoms with E-state index in [1.54, 1.807) is 12.1 Å². The van der Waals surface area contributed by atoms with Crippen LogP contribution in [0.5, 0.6) is 0 Å². The van der Waals surface area contributed by atoms with Crippen molar-refractivity contribution in [3.63, 3.8) is 0 Å². The van der Waals surface area contributed by atoms with Gasteiger partial charge in [-0.05, 0) is 83.0 Å². The fourth-order valence-electron chi connectivity index (χ4n) is 5.37. The average molecular weight is 460 g/mol. The molecule has 0 unspecified atom stereocenters. The van der Waals surface area contributed by atoms with Crippen molar-refractivity contribution in [2.24, 2.45) is 5.92 Å². The first kappa shape index (κ1) is 23.4. The number of nitro benzene ring substituents is 1. The van der Waals surface area contributed by atoms with Gasteiger partial charge in [-0.1, -0.05) is 6.07 Å². The Morgan fingerprint density at radius 1 is 1.21 bits per heavy atom. The summed E-state index contributed by atoms with van der Waals surface area (Å²) in [5.41, 5.74) is 0.00557. The first-order chi connectivity index (χ1) is 15.6. The predicted molar refractivity (Wildman–Crippen MR) is 123 cm³/mol. The number of carbonyl (C=O) groups excluding carboxylic acids is 2. The van der Waals surface area contributed by atoms with Gasteiger partial charge in [-0.15, -0.1) is 0 Å². The highest BCUT2D eigenvalue weighted by molar-refractivity contribution is 6.07. The molecule has 180 valence electrons. The predicted octanol–water partition coefficient (Wildman–Crippen LogP) is 2.51. The van der Waals surface area contributed by atoms with E-state index in [1.165, 1.54) is 0 Å². The summed E-state index contributed by atoms with van der Waals surface area (Å²) in [5, 5.41) is 30.2. The number of aliphatic hydroxyl groups is 1. The standard InChI is InChI=1S/C23H33N5O5/c1-22(2,31)16-7-11-27(12-8-16)14-15-3-4-19(28(32)33)18(13-15)24-17-5-9-23(10-6-17)20(29)25-21(30)26-23/h3-4,13,16-17,24,31H,5-12,14H2,1-2H3,(H2,25,26,29,30). The van der Waals surface area contributed by atoms with E-state index < -0.39 is 17.2 Å². The Bertz CT molecular complexity index is 928. The Hall–Kier alpha value is -2.72. The lowest BCUT2D eigenvalue weighted by molar-refractivity contribution is -0.384. The number of hydrogen-bond donors (Lipinski definition) is 4. The number of anilines is 1. The fourth-order valence-corrected chi connectivity index (χ4v) is 5.37. The highest BCUT2D eigenvalue weighted by atomic mass is 16.6. The molecule has 10 heteroatoms. The minimum absolute atomic E-state index is 0.0163. The number of nitrogens with one attached hydrogen (secondary N) is 3. The number of imide groups is 1. The SMILES string of the molecule is CC(C)(O)C1CCN(Cc2ccc([N+](=O)[O-])c(NC3CCC4(CC3)NC(=O)NC4=O)c2)CC1. The average Bonchev–Trinajstić information content (AvgIpc) is 3.02. The van der Waals surface area contributed by atoms with Crippen LogP contribution in [-0.2, 0) is 11.3 Å². The lowest BCUT2D eigenvalue weighted by Gasteiger charge is -2.37. The monoisotopic (exact) mass is 459 g/mol. The second-order valence-corrected chi connectivity index (χ2v) is 10.2. The molecule has 1 saturated carbocycles. The van der Waals surface area contributed by atoms with Crippen molar-refractivity contribution in [2.45, 2.75) is 76.1 Å². The summed E-state index contributed by atoms with van der Waals surface area (Å²) in [7, 11) is 0. The van der Waals surface area contributed by atoms with Gasteiger partial charge in [0.15, 0.2) is 0 Å². The Morgan fingerprint density at radius 3 is 2.42 bits per heavy atom. The molecule has 0 bridgehead atoms. The molecule has 2 aliphatic heterocycles. The van der Waals surface area contributed by atoms with E-state index in [0.717, 1.165) is 31.5 Å². The van der Waals surface area contributed by atoms with Crippen LogP contribution in [0.3, 0.4) is 0 Å². The van der Waals surface area contributed by atoms with Gasteiger partial charge in [0.2, 0.25) is 0 Å². The van der Waals surface area contributed by atoms with E-state index in [1.807, 2.05) is 19.9 Å². The third-order valence-corrected chi connectivity index (χ3v) is 7.46. The molecule has 1 aromatic rings. The van der Waals surface area contributed by atoms with E-state index >= 15 is 0 Å². The Kier molecular flexibility index (Phi) is 6.32. The summed E-state index contributed by atoms with van der Waals surface area (Å²) in [6.45, 7) is 6.19. The summed E-state index contributed by atoms with van der Waals surface area (Å²) >= 11 is 0. The number of piperidine rings is 1. The van der Waals surface area contributed by atoms with Crippen molar-refractivity contribution in [3.05, 3.63) is 33.9 Å². The van der Waals surface area contributed by atoms with Crippen LogP contribution in [0.15, 0.2) is 18.2 Å². The van der Waals surface area contributed by atoms with Crippen LogP contribution >= 0.6 is 0 Å². The molecule has 4 rings (SSSR count). The number of benzene rings is 1. The van der Waals surface area contributed by atoms with Crippen LogP contribution in [0, 0.1) is 16.0 Å². The number of hydrogen-bond acceptors (Lipinski definition) is 7. The zero-order valence-corrected chi connectivity index (χ0v) is 19.2. The van der Waals surface area contributed by atoms with Crippen molar-refractivity contribution >= 4 is 23.3 Å². The van der Waals surface area contributed by atoms with Crippen molar-refractivity contribution in [3.8, 4) is 0 Å². The van der Waals surface area contributed by atoms with Crippen LogP contribution in [-0.4, -0.2) is 57.1 Å². The van der Waals surface area contributed by atoms with E-state index in [-0.39, 0.29) is 28.5 Å². The van der Waals surface area contributed by atoms with Gasteiger partial charge in [0.25, 0.3) is 11.6 Å². The van der Waals surface area contributed by atoms with E-state index in [0.29, 0.717) is 37.9 Å². The second kappa shape index (κ2) is 8.90. The molecule has 2 heterocycles. The first-order valence-electron chi connectivity index (χ1n) is 11.7. The number of carbonyl (C=O) groups is 2. The molecule has 2 saturated heterocycles. The Morgan fingerprint density at radius 2 is 1.88 bits per heavy atom. The van der Waals surface area contributed by atoms with Gasteiger partial charge in [0.1, 0.15) is 11.2 Å². The van der Waals surface area contributed by atoms with Crippen LogP contribution in [0.4, 0.5) is 16.2 Å². The normalized spacial score (nSPS) is 26.8. The van der Waals surface area contributed by atoms with Crippen LogP contribution in [0.1, 0.15) is 57.9 Å². The van der Waals surface area contributed by atoms with Gasteiger partial charge in [-0.25, -0.2) is 4.79 Å². The summed E-state index contributed by atoms with van der Waals surface area (Å²) < 4.78 is 0.